The molecule has 0 fully saturated rings. The van der Waals surface area contributed by atoms with Gasteiger partial charge in [0.2, 0.25) is 0 Å². The third-order valence-corrected chi connectivity index (χ3v) is 3.10. The van der Waals surface area contributed by atoms with E-state index in [0.29, 0.717) is 12.2 Å². The lowest BCUT2D eigenvalue weighted by Gasteiger charge is -2.13. The number of hydrogen-bond acceptors (Lipinski definition) is 2. The van der Waals surface area contributed by atoms with Gasteiger partial charge in [-0.1, -0.05) is 24.3 Å². The number of halogens is 3. The molecule has 0 amide bonds. The zero-order valence-electron chi connectivity index (χ0n) is 11.0. The number of anilines is 2. The molecular formula is C15H15F3N2. The number of hydrogen-bond donors (Lipinski definition) is 2. The molecule has 3 N–H and O–H groups in total. The van der Waals surface area contributed by atoms with E-state index in [2.05, 4.69) is 5.32 Å². The fourth-order valence-corrected chi connectivity index (χ4v) is 1.92. The molecule has 0 saturated carbocycles. The van der Waals surface area contributed by atoms with E-state index in [1.807, 2.05) is 31.2 Å². The molecule has 20 heavy (non-hydrogen) atoms. The van der Waals surface area contributed by atoms with Gasteiger partial charge in [0.15, 0.2) is 0 Å². The molecule has 0 aliphatic rings. The minimum atomic E-state index is -4.44. The molecule has 0 atom stereocenters. The average molecular weight is 280 g/mol. The highest BCUT2D eigenvalue weighted by Gasteiger charge is 2.33. The minimum Gasteiger partial charge on any atom is -0.398 e. The molecule has 0 heterocycles. The maximum Gasteiger partial charge on any atom is 0.418 e. The van der Waals surface area contributed by atoms with Crippen molar-refractivity contribution in [2.24, 2.45) is 0 Å². The van der Waals surface area contributed by atoms with Crippen LogP contribution in [0.1, 0.15) is 16.7 Å². The number of alkyl halides is 3. The molecule has 0 aliphatic heterocycles. The molecule has 0 aromatic heterocycles. The predicted octanol–water partition coefficient (Wildman–Crippen LogP) is 4.21. The maximum absolute atomic E-state index is 12.7. The van der Waals surface area contributed by atoms with E-state index in [9.17, 15) is 13.2 Å². The maximum atomic E-state index is 12.7. The summed E-state index contributed by atoms with van der Waals surface area (Å²) in [6, 6.07) is 11.6. The zero-order chi connectivity index (χ0) is 14.8. The number of nitrogens with one attached hydrogen (secondary N) is 1. The van der Waals surface area contributed by atoms with Crippen LogP contribution in [0.5, 0.6) is 0 Å². The molecule has 0 spiro atoms. The van der Waals surface area contributed by atoms with Crippen LogP contribution in [-0.2, 0) is 12.7 Å². The molecule has 0 radical (unpaired) electrons. The molecule has 106 valence electrons. The van der Waals surface area contributed by atoms with Crippen LogP contribution in [-0.4, -0.2) is 0 Å². The standard InChI is InChI=1S/C15H15F3N2/c1-10-4-2-3-5-11(10)9-20-12-6-7-14(19)13(8-12)15(16,17)18/h2-8,20H,9,19H2,1H3. The van der Waals surface area contributed by atoms with Crippen molar-refractivity contribution in [3.63, 3.8) is 0 Å². The van der Waals surface area contributed by atoms with E-state index in [-0.39, 0.29) is 5.69 Å². The fraction of sp³-hybridized carbons (Fsp3) is 0.200. The second-order valence-electron chi connectivity index (χ2n) is 4.58. The van der Waals surface area contributed by atoms with Gasteiger partial charge in [-0.05, 0) is 36.2 Å². The van der Waals surface area contributed by atoms with Crippen LogP contribution >= 0.6 is 0 Å². The lowest BCUT2D eigenvalue weighted by Crippen LogP contribution is -2.10. The van der Waals surface area contributed by atoms with E-state index in [0.717, 1.165) is 17.2 Å². The highest BCUT2D eigenvalue weighted by Crippen LogP contribution is 2.35. The SMILES string of the molecule is Cc1ccccc1CNc1ccc(N)c(C(F)(F)F)c1. The normalized spacial score (nSPS) is 11.4. The summed E-state index contributed by atoms with van der Waals surface area (Å²) in [5.41, 5.74) is 6.81. The second-order valence-corrected chi connectivity index (χ2v) is 4.58. The van der Waals surface area contributed by atoms with Crippen LogP contribution in [0.4, 0.5) is 24.5 Å². The Hall–Kier alpha value is -2.17. The van der Waals surface area contributed by atoms with Crippen LogP contribution < -0.4 is 11.1 Å². The van der Waals surface area contributed by atoms with Gasteiger partial charge in [-0.2, -0.15) is 13.2 Å². The van der Waals surface area contributed by atoms with Crippen LogP contribution in [0.15, 0.2) is 42.5 Å². The summed E-state index contributed by atoms with van der Waals surface area (Å²) in [7, 11) is 0. The lowest BCUT2D eigenvalue weighted by atomic mass is 10.1. The average Bonchev–Trinajstić information content (AvgIpc) is 2.38. The summed E-state index contributed by atoms with van der Waals surface area (Å²) in [6.45, 7) is 2.43. The van der Waals surface area contributed by atoms with E-state index in [4.69, 9.17) is 5.73 Å². The van der Waals surface area contributed by atoms with E-state index >= 15 is 0 Å². The first-order valence-corrected chi connectivity index (χ1v) is 6.13. The third kappa shape index (κ3) is 3.23. The molecule has 0 saturated heterocycles. The van der Waals surface area contributed by atoms with Gasteiger partial charge in [0.25, 0.3) is 0 Å². The first-order valence-electron chi connectivity index (χ1n) is 6.13. The van der Waals surface area contributed by atoms with Gasteiger partial charge in [-0.3, -0.25) is 0 Å². The van der Waals surface area contributed by atoms with Crippen LogP contribution in [0, 0.1) is 6.92 Å². The Morgan fingerprint density at radius 1 is 1.10 bits per heavy atom. The van der Waals surface area contributed by atoms with Gasteiger partial charge in [-0.25, -0.2) is 0 Å². The molecular weight excluding hydrogens is 265 g/mol. The highest BCUT2D eigenvalue weighted by atomic mass is 19.4. The van der Waals surface area contributed by atoms with Gasteiger partial charge in [0, 0.05) is 17.9 Å². The summed E-state index contributed by atoms with van der Waals surface area (Å²) in [6.07, 6.45) is -4.44. The molecule has 2 aromatic rings. The molecule has 2 rings (SSSR count). The van der Waals surface area contributed by atoms with Crippen molar-refractivity contribution in [2.75, 3.05) is 11.1 Å². The van der Waals surface area contributed by atoms with Crippen molar-refractivity contribution < 1.29 is 13.2 Å². The highest BCUT2D eigenvalue weighted by molar-refractivity contribution is 5.58. The van der Waals surface area contributed by atoms with E-state index < -0.39 is 11.7 Å². The van der Waals surface area contributed by atoms with Crippen molar-refractivity contribution in [3.8, 4) is 0 Å². The largest absolute Gasteiger partial charge is 0.418 e. The summed E-state index contributed by atoms with van der Waals surface area (Å²) >= 11 is 0. The molecule has 2 aromatic carbocycles. The lowest BCUT2D eigenvalue weighted by molar-refractivity contribution is -0.136. The Balaban J connectivity index is 2.17. The van der Waals surface area contributed by atoms with Crippen LogP contribution in [0.25, 0.3) is 0 Å². The first kappa shape index (κ1) is 14.2. The summed E-state index contributed by atoms with van der Waals surface area (Å²) < 4.78 is 38.2. The fourth-order valence-electron chi connectivity index (χ4n) is 1.92. The number of benzene rings is 2. The van der Waals surface area contributed by atoms with Crippen molar-refractivity contribution >= 4 is 11.4 Å². The van der Waals surface area contributed by atoms with Gasteiger partial charge >= 0.3 is 6.18 Å². The topological polar surface area (TPSA) is 38.0 Å². The van der Waals surface area contributed by atoms with Crippen molar-refractivity contribution in [1.29, 1.82) is 0 Å². The minimum absolute atomic E-state index is 0.265. The van der Waals surface area contributed by atoms with Crippen molar-refractivity contribution in [2.45, 2.75) is 19.6 Å². The van der Waals surface area contributed by atoms with Crippen molar-refractivity contribution in [3.05, 3.63) is 59.2 Å². The predicted molar refractivity (Wildman–Crippen MR) is 74.4 cm³/mol. The van der Waals surface area contributed by atoms with Crippen LogP contribution in [0.3, 0.4) is 0 Å². The van der Waals surface area contributed by atoms with E-state index in [1.54, 1.807) is 6.07 Å². The summed E-state index contributed by atoms with van der Waals surface area (Å²) in [5, 5.41) is 2.99. The third-order valence-electron chi connectivity index (χ3n) is 3.10. The number of rotatable bonds is 3. The van der Waals surface area contributed by atoms with Gasteiger partial charge in [0.05, 0.1) is 5.56 Å². The zero-order valence-corrected chi connectivity index (χ0v) is 11.0. The number of aryl methyl sites for hydroxylation is 1. The summed E-state index contributed by atoms with van der Waals surface area (Å²) in [5.74, 6) is 0. The monoisotopic (exact) mass is 280 g/mol. The quantitative estimate of drug-likeness (QED) is 0.827. The first-order chi connectivity index (χ1) is 9.38. The number of nitrogen functional groups attached to an aromatic ring is 1. The number of nitrogens with two attached hydrogens (primary N) is 1. The smallest absolute Gasteiger partial charge is 0.398 e. The molecule has 0 aliphatic carbocycles. The Morgan fingerprint density at radius 3 is 2.45 bits per heavy atom. The Labute approximate surface area is 115 Å². The van der Waals surface area contributed by atoms with Crippen molar-refractivity contribution in [1.82, 2.24) is 0 Å². The Kier molecular flexibility index (Phi) is 3.88. The van der Waals surface area contributed by atoms with Gasteiger partial charge < -0.3 is 11.1 Å². The van der Waals surface area contributed by atoms with Crippen LogP contribution in [0.2, 0.25) is 0 Å². The van der Waals surface area contributed by atoms with E-state index in [1.165, 1.54) is 6.07 Å². The molecule has 5 heteroatoms. The second kappa shape index (κ2) is 5.45. The van der Waals surface area contributed by atoms with Gasteiger partial charge in [-0.15, -0.1) is 0 Å². The molecule has 0 unspecified atom stereocenters. The Morgan fingerprint density at radius 2 is 1.80 bits per heavy atom. The summed E-state index contributed by atoms with van der Waals surface area (Å²) in [4.78, 5) is 0. The molecule has 0 bridgehead atoms. The molecule has 2 nitrogen and oxygen atoms in total. The van der Waals surface area contributed by atoms with Gasteiger partial charge in [0.1, 0.15) is 0 Å². The Bertz CT molecular complexity index is 606.